The molecule has 0 bridgehead atoms. The highest BCUT2D eigenvalue weighted by Crippen LogP contribution is 2.37. The molecule has 0 unspecified atom stereocenters. The van der Waals surface area contributed by atoms with E-state index >= 15 is 0 Å². The number of aromatic amines is 4. The van der Waals surface area contributed by atoms with Gasteiger partial charge in [-0.1, -0.05) is 50.2 Å². The van der Waals surface area contributed by atoms with Crippen molar-refractivity contribution in [2.75, 3.05) is 33.3 Å². The zero-order valence-electron chi connectivity index (χ0n) is 38.8. The van der Waals surface area contributed by atoms with Crippen molar-refractivity contribution in [2.24, 2.45) is 25.4 Å². The number of hydrogen-bond acceptors (Lipinski definition) is 5. The number of ether oxygens (including phenoxy) is 1. The van der Waals surface area contributed by atoms with Crippen molar-refractivity contribution in [3.05, 3.63) is 135 Å². The zero-order valence-corrected chi connectivity index (χ0v) is 38.8. The minimum absolute atomic E-state index is 0.0569. The van der Waals surface area contributed by atoms with Gasteiger partial charge in [-0.05, 0) is 153 Å². The molecule has 4 aliphatic heterocycles. The molecule has 65 heavy (non-hydrogen) atoms. The Hall–Kier alpha value is -6.48. The van der Waals surface area contributed by atoms with E-state index in [9.17, 15) is 0 Å². The summed E-state index contributed by atoms with van der Waals surface area (Å²) in [5, 5.41) is 5.36. The molecule has 0 saturated carbocycles. The van der Waals surface area contributed by atoms with Gasteiger partial charge >= 0.3 is 0 Å². The summed E-state index contributed by atoms with van der Waals surface area (Å²) >= 11 is 0. The highest BCUT2D eigenvalue weighted by molar-refractivity contribution is 6.10. The maximum atomic E-state index is 5.40. The quantitative estimate of drug-likeness (QED) is 0.113. The average molecular weight is 861 g/mol. The van der Waals surface area contributed by atoms with Crippen molar-refractivity contribution < 1.29 is 4.74 Å². The van der Waals surface area contributed by atoms with Crippen LogP contribution in [0, 0.1) is 26.2 Å². The molecule has 9 nitrogen and oxygen atoms in total. The Balaban J connectivity index is 0.000000144. The van der Waals surface area contributed by atoms with E-state index in [1.54, 1.807) is 7.11 Å². The number of aryl methyl sites for hydroxylation is 3. The number of nitrogens with zero attached hydrogens (tertiary/aromatic N) is 4. The third-order valence-corrected chi connectivity index (χ3v) is 14.2. The summed E-state index contributed by atoms with van der Waals surface area (Å²) in [7, 11) is 1.71. The maximum Gasteiger partial charge on any atom is 0.120 e. The number of nitrogens with one attached hydrogen (secondary N) is 4. The first-order valence-corrected chi connectivity index (χ1v) is 23.8. The zero-order chi connectivity index (χ0) is 44.4. The molecule has 0 amide bonds. The van der Waals surface area contributed by atoms with Gasteiger partial charge in [0.25, 0.3) is 0 Å². The van der Waals surface area contributed by atoms with Crippen LogP contribution in [0.1, 0.15) is 108 Å². The van der Waals surface area contributed by atoms with Crippen LogP contribution in [-0.4, -0.2) is 76.1 Å². The van der Waals surface area contributed by atoms with Crippen LogP contribution in [0.5, 0.6) is 5.75 Å². The molecule has 330 valence electrons. The lowest BCUT2D eigenvalue weighted by molar-refractivity contribution is 0.399. The summed E-state index contributed by atoms with van der Waals surface area (Å²) in [4.78, 5) is 34.5. The van der Waals surface area contributed by atoms with Gasteiger partial charge in [0.05, 0.1) is 52.7 Å². The number of aromatic nitrogens is 4. The van der Waals surface area contributed by atoms with E-state index in [-0.39, 0.29) is 5.41 Å². The van der Waals surface area contributed by atoms with Crippen molar-refractivity contribution in [3.8, 4) is 5.75 Å². The molecule has 0 aliphatic carbocycles. The second-order valence-electron chi connectivity index (χ2n) is 19.7. The van der Waals surface area contributed by atoms with Crippen molar-refractivity contribution >= 4 is 66.5 Å². The van der Waals surface area contributed by atoms with E-state index in [2.05, 4.69) is 121 Å². The highest BCUT2D eigenvalue weighted by Gasteiger charge is 2.31. The van der Waals surface area contributed by atoms with Gasteiger partial charge in [-0.3, -0.25) is 20.0 Å². The minimum atomic E-state index is 0.0569. The molecule has 0 atom stereocenters. The third kappa shape index (κ3) is 7.72. The SMILES string of the molecule is COc1ccc2c3c([nH]c2c1)C(CCCC1=NCCc2c1[nH]c1cc(C)ccc21)=NCC3.Cc1ccc2c3c([nH]c2c1)C(CC(C)(C)CC1=NCCc2c1[nH]c1cc(C)ccc21)=NCC3. The summed E-state index contributed by atoms with van der Waals surface area (Å²) in [6, 6.07) is 26.5. The Morgan fingerprint density at radius 3 is 1.18 bits per heavy atom. The van der Waals surface area contributed by atoms with Crippen molar-refractivity contribution in [1.29, 1.82) is 0 Å². The molecule has 4 N–H and O–H groups in total. The Kier molecular flexibility index (Phi) is 10.5. The predicted octanol–water partition coefficient (Wildman–Crippen LogP) is 12.0. The first kappa shape index (κ1) is 41.2. The molecule has 12 rings (SSSR count). The number of hydrogen-bond donors (Lipinski definition) is 4. The lowest BCUT2D eigenvalue weighted by atomic mass is 9.79. The lowest BCUT2D eigenvalue weighted by Crippen LogP contribution is -2.26. The van der Waals surface area contributed by atoms with Crippen LogP contribution in [-0.2, 0) is 25.7 Å². The summed E-state index contributed by atoms with van der Waals surface area (Å²) in [6.07, 6.45) is 8.93. The minimum Gasteiger partial charge on any atom is -0.497 e. The van der Waals surface area contributed by atoms with Crippen molar-refractivity contribution in [1.82, 2.24) is 19.9 Å². The third-order valence-electron chi connectivity index (χ3n) is 14.2. The first-order valence-electron chi connectivity index (χ1n) is 23.8. The number of fused-ring (bicyclic) bond motifs is 12. The standard InChI is InChI=1S/C29H32N4.C27H28N4O/c1-17-5-7-19-21-9-11-30-25(27(21)32-23(19)13-17)15-29(3,4)16-26-28-22(10-12-31-26)20-8-6-18(2)14-24(20)33-28;1-16-6-8-18-20-10-12-28-22(26(20)30-24(18)14-16)4-3-5-23-27-21(11-13-29-23)19-9-7-17(32-2)15-25(19)31-27/h5-8,13-14,32-33H,9-12,15-16H2,1-4H3;6-9,14-15,30-31H,3-5,10-13H2,1-2H3. The molecule has 0 saturated heterocycles. The molecular weight excluding hydrogens is 801 g/mol. The molecule has 0 spiro atoms. The number of methoxy groups -OCH3 is 1. The second kappa shape index (κ2) is 16.5. The van der Waals surface area contributed by atoms with Gasteiger partial charge in [0, 0.05) is 75.9 Å². The molecule has 8 aromatic rings. The maximum absolute atomic E-state index is 5.40. The number of rotatable bonds is 9. The molecule has 4 aromatic carbocycles. The van der Waals surface area contributed by atoms with Gasteiger partial charge < -0.3 is 24.7 Å². The lowest BCUT2D eigenvalue weighted by Gasteiger charge is -2.28. The fourth-order valence-corrected chi connectivity index (χ4v) is 11.1. The van der Waals surface area contributed by atoms with Crippen molar-refractivity contribution in [2.45, 2.75) is 92.4 Å². The molecule has 0 radical (unpaired) electrons. The molecule has 0 fully saturated rings. The van der Waals surface area contributed by atoms with E-state index in [0.29, 0.717) is 0 Å². The first-order chi connectivity index (χ1) is 31.6. The summed E-state index contributed by atoms with van der Waals surface area (Å²) in [5.41, 5.74) is 24.3. The van der Waals surface area contributed by atoms with Crippen LogP contribution >= 0.6 is 0 Å². The van der Waals surface area contributed by atoms with Gasteiger partial charge in [-0.2, -0.15) is 0 Å². The van der Waals surface area contributed by atoms with Gasteiger partial charge in [0.2, 0.25) is 0 Å². The fraction of sp³-hybridized carbons (Fsp3) is 0.357. The van der Waals surface area contributed by atoms with Crippen LogP contribution in [0.2, 0.25) is 0 Å². The Morgan fingerprint density at radius 2 is 0.800 bits per heavy atom. The molecule has 8 heterocycles. The number of H-pyrrole nitrogens is 4. The van der Waals surface area contributed by atoms with Crippen LogP contribution in [0.25, 0.3) is 43.6 Å². The Morgan fingerprint density at radius 1 is 0.462 bits per heavy atom. The van der Waals surface area contributed by atoms with Gasteiger partial charge in [-0.25, -0.2) is 0 Å². The summed E-state index contributed by atoms with van der Waals surface area (Å²) in [6.45, 7) is 14.7. The highest BCUT2D eigenvalue weighted by atomic mass is 16.5. The van der Waals surface area contributed by atoms with Crippen molar-refractivity contribution in [3.63, 3.8) is 0 Å². The van der Waals surface area contributed by atoms with Crippen LogP contribution in [0.3, 0.4) is 0 Å². The molecule has 4 aliphatic rings. The largest absolute Gasteiger partial charge is 0.497 e. The summed E-state index contributed by atoms with van der Waals surface area (Å²) < 4.78 is 5.40. The fourth-order valence-electron chi connectivity index (χ4n) is 11.1. The number of aliphatic imine (C=N–C) groups is 4. The van der Waals surface area contributed by atoms with E-state index in [1.807, 2.05) is 6.07 Å². The topological polar surface area (TPSA) is 122 Å². The number of benzene rings is 4. The van der Waals surface area contributed by atoms with Gasteiger partial charge in [0.15, 0.2) is 0 Å². The monoisotopic (exact) mass is 860 g/mol. The predicted molar refractivity (Wildman–Crippen MR) is 271 cm³/mol. The van der Waals surface area contributed by atoms with Crippen LogP contribution in [0.4, 0.5) is 0 Å². The molecular formula is C56H60N8O. The van der Waals surface area contributed by atoms with E-state index in [1.165, 1.54) is 123 Å². The Labute approximate surface area is 381 Å². The van der Waals surface area contributed by atoms with E-state index in [0.717, 1.165) is 95.2 Å². The van der Waals surface area contributed by atoms with Crippen LogP contribution in [0.15, 0.2) is 92.8 Å². The van der Waals surface area contributed by atoms with Gasteiger partial charge in [0.1, 0.15) is 5.75 Å². The van der Waals surface area contributed by atoms with E-state index in [4.69, 9.17) is 24.7 Å². The molecule has 4 aromatic heterocycles. The normalized spacial score (nSPS) is 15.7. The van der Waals surface area contributed by atoms with E-state index < -0.39 is 0 Å². The molecule has 9 heteroatoms. The van der Waals surface area contributed by atoms with Gasteiger partial charge in [-0.15, -0.1) is 0 Å². The second-order valence-corrected chi connectivity index (χ2v) is 19.7. The summed E-state index contributed by atoms with van der Waals surface area (Å²) in [5.74, 6) is 0.884. The van der Waals surface area contributed by atoms with Crippen LogP contribution < -0.4 is 4.74 Å². The smallest absolute Gasteiger partial charge is 0.120 e. The average Bonchev–Trinajstić information content (AvgIpc) is 4.07. The Bertz CT molecular complexity index is 3190.